The van der Waals surface area contributed by atoms with Crippen LogP contribution in [0.4, 0.5) is 31.9 Å². The fourth-order valence-corrected chi connectivity index (χ4v) is 4.41. The van der Waals surface area contributed by atoms with Gasteiger partial charge < -0.3 is 15.1 Å². The first-order valence-corrected chi connectivity index (χ1v) is 11.7. The minimum atomic E-state index is -0.331. The van der Waals surface area contributed by atoms with Crippen molar-refractivity contribution < 1.29 is 8.78 Å². The van der Waals surface area contributed by atoms with Crippen molar-refractivity contribution in [2.45, 2.75) is 0 Å². The zero-order valence-electron chi connectivity index (χ0n) is 19.4. The van der Waals surface area contributed by atoms with Gasteiger partial charge in [-0.2, -0.15) is 15.1 Å². The molecule has 36 heavy (non-hydrogen) atoms. The number of hydrogen-bond acceptors (Lipinski definition) is 6. The Labute approximate surface area is 206 Å². The highest BCUT2D eigenvalue weighted by Gasteiger charge is 2.22. The Morgan fingerprint density at radius 3 is 2.19 bits per heavy atom. The zero-order chi connectivity index (χ0) is 24.5. The van der Waals surface area contributed by atoms with Crippen LogP contribution in [0.5, 0.6) is 0 Å². The lowest BCUT2D eigenvalue weighted by atomic mass is 10.2. The number of nitrogens with one attached hydrogen (secondary N) is 1. The quantitative estimate of drug-likeness (QED) is 0.373. The molecule has 1 N–H and O–H groups in total. The van der Waals surface area contributed by atoms with Crippen LogP contribution in [0.1, 0.15) is 0 Å². The lowest BCUT2D eigenvalue weighted by molar-refractivity contribution is 0.623. The van der Waals surface area contributed by atoms with E-state index in [0.29, 0.717) is 36.2 Å². The first-order chi connectivity index (χ1) is 17.6. The van der Waals surface area contributed by atoms with Crippen molar-refractivity contribution in [3.8, 4) is 5.69 Å². The number of nitrogens with zero attached hydrogens (tertiary/aromatic N) is 6. The predicted octanol–water partition coefficient (Wildman–Crippen LogP) is 5.16. The minimum absolute atomic E-state index is 0.243. The van der Waals surface area contributed by atoms with Crippen LogP contribution in [0, 0.1) is 11.6 Å². The van der Waals surface area contributed by atoms with Crippen LogP contribution >= 0.6 is 0 Å². The number of piperazine rings is 1. The summed E-state index contributed by atoms with van der Waals surface area (Å²) < 4.78 is 29.0. The van der Waals surface area contributed by atoms with Crippen LogP contribution in [-0.2, 0) is 0 Å². The summed E-state index contributed by atoms with van der Waals surface area (Å²) in [5.41, 5.74) is 3.12. The molecule has 0 bridgehead atoms. The molecule has 9 heteroatoms. The second-order valence-corrected chi connectivity index (χ2v) is 8.59. The van der Waals surface area contributed by atoms with Gasteiger partial charge in [0, 0.05) is 37.6 Å². The van der Waals surface area contributed by atoms with E-state index in [1.807, 2.05) is 30.3 Å². The van der Waals surface area contributed by atoms with Crippen molar-refractivity contribution in [1.82, 2.24) is 19.7 Å². The lowest BCUT2D eigenvalue weighted by Gasteiger charge is -2.36. The summed E-state index contributed by atoms with van der Waals surface area (Å²) >= 11 is 0. The van der Waals surface area contributed by atoms with Crippen LogP contribution in [0.25, 0.3) is 16.7 Å². The SMILES string of the molecule is Fc1ccc(N2CCN(c3nc(Nc4cccc(F)c4)c4cnn(-c5ccccc5)c4n3)CC2)cc1. The third kappa shape index (κ3) is 4.31. The second-order valence-electron chi connectivity index (χ2n) is 8.59. The highest BCUT2D eigenvalue weighted by molar-refractivity contribution is 5.90. The van der Waals surface area contributed by atoms with Crippen LogP contribution in [0.2, 0.25) is 0 Å². The van der Waals surface area contributed by atoms with Crippen molar-refractivity contribution in [2.24, 2.45) is 0 Å². The molecule has 0 unspecified atom stereocenters. The first-order valence-electron chi connectivity index (χ1n) is 11.7. The van der Waals surface area contributed by atoms with E-state index in [1.165, 1.54) is 24.3 Å². The van der Waals surface area contributed by atoms with E-state index in [9.17, 15) is 8.78 Å². The van der Waals surface area contributed by atoms with Gasteiger partial charge in [-0.25, -0.2) is 13.5 Å². The summed E-state index contributed by atoms with van der Waals surface area (Å²) in [4.78, 5) is 14.1. The molecule has 1 fully saturated rings. The highest BCUT2D eigenvalue weighted by atomic mass is 19.1. The molecule has 0 spiro atoms. The first kappa shape index (κ1) is 22.0. The molecule has 0 amide bonds. The number of para-hydroxylation sites is 1. The van der Waals surface area contributed by atoms with Crippen LogP contribution in [-0.4, -0.2) is 45.9 Å². The normalized spacial score (nSPS) is 13.8. The van der Waals surface area contributed by atoms with E-state index >= 15 is 0 Å². The maximum absolute atomic E-state index is 13.9. The Kier molecular flexibility index (Phi) is 5.65. The summed E-state index contributed by atoms with van der Waals surface area (Å²) in [5.74, 6) is 0.552. The number of fused-ring (bicyclic) bond motifs is 1. The van der Waals surface area contributed by atoms with Gasteiger partial charge in [-0.15, -0.1) is 0 Å². The summed E-state index contributed by atoms with van der Waals surface area (Å²) in [7, 11) is 0. The second kappa shape index (κ2) is 9.26. The van der Waals surface area contributed by atoms with Crippen molar-refractivity contribution in [3.05, 3.63) is 96.7 Å². The van der Waals surface area contributed by atoms with E-state index in [2.05, 4.69) is 20.2 Å². The number of halogens is 2. The van der Waals surface area contributed by atoms with Crippen molar-refractivity contribution in [3.63, 3.8) is 0 Å². The molecular weight excluding hydrogens is 460 g/mol. The Hall–Kier alpha value is -4.53. The number of benzene rings is 3. The lowest BCUT2D eigenvalue weighted by Crippen LogP contribution is -2.47. The topological polar surface area (TPSA) is 62.1 Å². The van der Waals surface area contributed by atoms with Crippen LogP contribution in [0.15, 0.2) is 85.1 Å². The van der Waals surface area contributed by atoms with Gasteiger partial charge in [0.2, 0.25) is 5.95 Å². The Morgan fingerprint density at radius 2 is 1.44 bits per heavy atom. The fourth-order valence-electron chi connectivity index (χ4n) is 4.41. The summed E-state index contributed by atoms with van der Waals surface area (Å²) in [6, 6.07) is 22.6. The third-order valence-corrected chi connectivity index (χ3v) is 6.26. The number of hydrogen-bond donors (Lipinski definition) is 1. The monoisotopic (exact) mass is 483 g/mol. The standard InChI is InChI=1S/C27H23F2N7/c28-19-9-11-22(12-10-19)34-13-15-35(16-14-34)27-32-25(31-21-6-4-5-20(29)17-21)24-18-30-36(26(24)33-27)23-7-2-1-3-8-23/h1-12,17-18H,13-16H2,(H,31,32,33). The van der Waals surface area contributed by atoms with Gasteiger partial charge in [0.15, 0.2) is 5.65 Å². The van der Waals surface area contributed by atoms with Gasteiger partial charge in [-0.05, 0) is 54.6 Å². The molecule has 6 rings (SSSR count). The molecule has 0 atom stereocenters. The number of rotatable bonds is 5. The van der Waals surface area contributed by atoms with E-state index in [0.717, 1.165) is 29.9 Å². The average molecular weight is 484 g/mol. The highest BCUT2D eigenvalue weighted by Crippen LogP contribution is 2.29. The smallest absolute Gasteiger partial charge is 0.229 e. The molecule has 0 saturated carbocycles. The molecule has 180 valence electrons. The van der Waals surface area contributed by atoms with Crippen molar-refractivity contribution >= 4 is 34.2 Å². The largest absolute Gasteiger partial charge is 0.368 e. The molecular formula is C27H23F2N7. The number of anilines is 4. The minimum Gasteiger partial charge on any atom is -0.368 e. The van der Waals surface area contributed by atoms with E-state index in [-0.39, 0.29) is 11.6 Å². The molecule has 3 heterocycles. The molecule has 7 nitrogen and oxygen atoms in total. The molecule has 3 aromatic carbocycles. The Bertz CT molecular complexity index is 1490. The molecule has 5 aromatic rings. The van der Waals surface area contributed by atoms with E-state index in [1.54, 1.807) is 35.1 Å². The molecule has 0 radical (unpaired) electrons. The van der Waals surface area contributed by atoms with Crippen LogP contribution < -0.4 is 15.1 Å². The summed E-state index contributed by atoms with van der Waals surface area (Å²) in [6.45, 7) is 2.89. The fraction of sp³-hybridized carbons (Fsp3) is 0.148. The predicted molar refractivity (Wildman–Crippen MR) is 137 cm³/mol. The molecule has 1 aliphatic rings. The average Bonchev–Trinajstić information content (AvgIpc) is 3.34. The van der Waals surface area contributed by atoms with E-state index < -0.39 is 0 Å². The van der Waals surface area contributed by atoms with E-state index in [4.69, 9.17) is 9.97 Å². The maximum atomic E-state index is 13.9. The zero-order valence-corrected chi connectivity index (χ0v) is 19.4. The van der Waals surface area contributed by atoms with Gasteiger partial charge in [-0.1, -0.05) is 24.3 Å². The molecule has 1 aliphatic heterocycles. The maximum Gasteiger partial charge on any atom is 0.229 e. The van der Waals surface area contributed by atoms with Crippen molar-refractivity contribution in [1.29, 1.82) is 0 Å². The van der Waals surface area contributed by atoms with Gasteiger partial charge in [0.1, 0.15) is 17.5 Å². The van der Waals surface area contributed by atoms with Gasteiger partial charge in [-0.3, -0.25) is 0 Å². The number of aromatic nitrogens is 4. The van der Waals surface area contributed by atoms with Crippen molar-refractivity contribution in [2.75, 3.05) is 41.3 Å². The van der Waals surface area contributed by atoms with Gasteiger partial charge in [0.25, 0.3) is 0 Å². The third-order valence-electron chi connectivity index (χ3n) is 6.26. The molecule has 0 aliphatic carbocycles. The summed E-state index contributed by atoms with van der Waals surface area (Å²) in [6.07, 6.45) is 1.72. The Balaban J connectivity index is 1.35. The Morgan fingerprint density at radius 1 is 0.694 bits per heavy atom. The molecule has 2 aromatic heterocycles. The molecule has 1 saturated heterocycles. The van der Waals surface area contributed by atoms with Gasteiger partial charge >= 0.3 is 0 Å². The van der Waals surface area contributed by atoms with Crippen LogP contribution in [0.3, 0.4) is 0 Å². The van der Waals surface area contributed by atoms with Gasteiger partial charge in [0.05, 0.1) is 17.3 Å². The summed E-state index contributed by atoms with van der Waals surface area (Å²) in [5, 5.41) is 8.56.